The van der Waals surface area contributed by atoms with Crippen LogP contribution in [0.4, 0.5) is 10.1 Å². The van der Waals surface area contributed by atoms with E-state index in [0.29, 0.717) is 10.7 Å². The molecule has 2 aromatic carbocycles. The van der Waals surface area contributed by atoms with Crippen LogP contribution in [0.5, 0.6) is 0 Å². The van der Waals surface area contributed by atoms with Crippen LogP contribution in [0.25, 0.3) is 0 Å². The van der Waals surface area contributed by atoms with Crippen molar-refractivity contribution in [3.8, 4) is 0 Å². The molecule has 1 N–H and O–H groups in total. The summed E-state index contributed by atoms with van der Waals surface area (Å²) in [6, 6.07) is 10.4. The molecular formula is C15H10Cl2FNO3. The van der Waals surface area contributed by atoms with Crippen LogP contribution in [0.15, 0.2) is 42.5 Å². The Morgan fingerprint density at radius 2 is 1.73 bits per heavy atom. The van der Waals surface area contributed by atoms with Gasteiger partial charge in [-0.2, -0.15) is 0 Å². The Morgan fingerprint density at radius 3 is 2.41 bits per heavy atom. The van der Waals surface area contributed by atoms with Crippen LogP contribution < -0.4 is 5.32 Å². The second kappa shape index (κ2) is 7.24. The predicted octanol–water partition coefficient (Wildman–Crippen LogP) is 3.93. The summed E-state index contributed by atoms with van der Waals surface area (Å²) in [5, 5.41) is 2.73. The maximum Gasteiger partial charge on any atom is 0.343 e. The summed E-state index contributed by atoms with van der Waals surface area (Å²) in [5.74, 6) is -2.43. The first-order valence-corrected chi connectivity index (χ1v) is 6.90. The van der Waals surface area contributed by atoms with Gasteiger partial charge in [0.05, 0.1) is 15.7 Å². The molecule has 0 unspecified atom stereocenters. The molecule has 0 spiro atoms. The fraction of sp³-hybridized carbons (Fsp3) is 0.0667. The van der Waals surface area contributed by atoms with E-state index in [1.54, 1.807) is 24.3 Å². The Morgan fingerprint density at radius 1 is 1.05 bits per heavy atom. The number of esters is 1. The lowest BCUT2D eigenvalue weighted by Crippen LogP contribution is -2.21. The van der Waals surface area contributed by atoms with Gasteiger partial charge in [0.2, 0.25) is 0 Å². The van der Waals surface area contributed by atoms with Crippen molar-refractivity contribution < 1.29 is 18.7 Å². The monoisotopic (exact) mass is 341 g/mol. The van der Waals surface area contributed by atoms with Crippen LogP contribution in [0.1, 0.15) is 10.4 Å². The highest BCUT2D eigenvalue weighted by atomic mass is 35.5. The first-order chi connectivity index (χ1) is 10.5. The van der Waals surface area contributed by atoms with E-state index in [1.165, 1.54) is 12.1 Å². The lowest BCUT2D eigenvalue weighted by molar-refractivity contribution is -0.119. The van der Waals surface area contributed by atoms with Crippen molar-refractivity contribution in [3.63, 3.8) is 0 Å². The number of hydrogen-bond donors (Lipinski definition) is 1. The summed E-state index contributed by atoms with van der Waals surface area (Å²) in [6.07, 6.45) is 0. The van der Waals surface area contributed by atoms with Gasteiger partial charge in [-0.25, -0.2) is 9.18 Å². The molecule has 0 bridgehead atoms. The fourth-order valence-electron chi connectivity index (χ4n) is 1.64. The number of para-hydroxylation sites is 1. The van der Waals surface area contributed by atoms with Crippen LogP contribution in [0, 0.1) is 5.82 Å². The zero-order valence-corrected chi connectivity index (χ0v) is 12.6. The van der Waals surface area contributed by atoms with Crippen LogP contribution in [-0.2, 0) is 9.53 Å². The third-order valence-corrected chi connectivity index (χ3v) is 3.29. The van der Waals surface area contributed by atoms with Gasteiger partial charge in [0.25, 0.3) is 5.91 Å². The van der Waals surface area contributed by atoms with Crippen molar-refractivity contribution in [3.05, 3.63) is 63.9 Å². The molecule has 0 saturated heterocycles. The first kappa shape index (κ1) is 16.3. The van der Waals surface area contributed by atoms with E-state index in [2.05, 4.69) is 5.32 Å². The molecule has 22 heavy (non-hydrogen) atoms. The first-order valence-electron chi connectivity index (χ1n) is 6.14. The molecule has 0 radical (unpaired) electrons. The Balaban J connectivity index is 1.97. The molecule has 1 amide bonds. The lowest BCUT2D eigenvalue weighted by atomic mass is 10.2. The lowest BCUT2D eigenvalue weighted by Gasteiger charge is -2.09. The molecule has 0 aliphatic heterocycles. The number of carbonyl (C=O) groups excluding carboxylic acids is 2. The molecule has 0 heterocycles. The van der Waals surface area contributed by atoms with E-state index in [4.69, 9.17) is 27.9 Å². The number of nitrogens with one attached hydrogen (secondary N) is 1. The van der Waals surface area contributed by atoms with E-state index in [0.717, 1.165) is 6.07 Å². The Kier molecular flexibility index (Phi) is 5.35. The van der Waals surface area contributed by atoms with E-state index in [1.807, 2.05) is 0 Å². The second-order valence-corrected chi connectivity index (χ2v) is 5.02. The number of ether oxygens (including phenoxy) is 1. The van der Waals surface area contributed by atoms with Crippen molar-refractivity contribution in [2.24, 2.45) is 0 Å². The van der Waals surface area contributed by atoms with Gasteiger partial charge in [-0.15, -0.1) is 0 Å². The maximum absolute atomic E-state index is 13.5. The SMILES string of the molecule is O=C(COC(=O)c1c(F)cccc1Cl)Nc1ccccc1Cl. The molecule has 0 aliphatic carbocycles. The highest BCUT2D eigenvalue weighted by Gasteiger charge is 2.18. The zero-order chi connectivity index (χ0) is 16.1. The third-order valence-electron chi connectivity index (χ3n) is 2.65. The van der Waals surface area contributed by atoms with Crippen LogP contribution in [-0.4, -0.2) is 18.5 Å². The number of rotatable bonds is 4. The number of benzene rings is 2. The van der Waals surface area contributed by atoms with Gasteiger partial charge in [0.1, 0.15) is 11.4 Å². The molecular weight excluding hydrogens is 332 g/mol. The Hall–Kier alpha value is -2.11. The van der Waals surface area contributed by atoms with Crippen LogP contribution >= 0.6 is 23.2 Å². The average Bonchev–Trinajstić information content (AvgIpc) is 2.47. The molecule has 0 fully saturated rings. The van der Waals surface area contributed by atoms with Gasteiger partial charge in [-0.1, -0.05) is 41.4 Å². The van der Waals surface area contributed by atoms with E-state index < -0.39 is 29.9 Å². The number of carbonyl (C=O) groups is 2. The van der Waals surface area contributed by atoms with Gasteiger partial charge >= 0.3 is 5.97 Å². The van der Waals surface area contributed by atoms with E-state index in [9.17, 15) is 14.0 Å². The molecule has 4 nitrogen and oxygen atoms in total. The summed E-state index contributed by atoms with van der Waals surface area (Å²) in [7, 11) is 0. The minimum Gasteiger partial charge on any atom is -0.452 e. The van der Waals surface area contributed by atoms with Gasteiger partial charge in [0, 0.05) is 0 Å². The highest BCUT2D eigenvalue weighted by Crippen LogP contribution is 2.21. The molecule has 0 aliphatic rings. The third kappa shape index (κ3) is 3.96. The largest absolute Gasteiger partial charge is 0.452 e. The summed E-state index contributed by atoms with van der Waals surface area (Å²) in [4.78, 5) is 23.5. The van der Waals surface area contributed by atoms with Gasteiger partial charge in [-0.05, 0) is 24.3 Å². The standard InChI is InChI=1S/C15H10Cl2FNO3/c16-9-4-1-2-7-12(9)19-13(20)8-22-15(21)14-10(17)5-3-6-11(14)18/h1-7H,8H2,(H,19,20). The average molecular weight is 342 g/mol. The quantitative estimate of drug-likeness (QED) is 0.857. The number of halogens is 3. The molecule has 2 rings (SSSR count). The topological polar surface area (TPSA) is 55.4 Å². The number of anilines is 1. The van der Waals surface area contributed by atoms with Gasteiger partial charge in [0.15, 0.2) is 6.61 Å². The summed E-state index contributed by atoms with van der Waals surface area (Å²) in [5.41, 5.74) is -0.0242. The number of amides is 1. The van der Waals surface area contributed by atoms with Crippen LogP contribution in [0.3, 0.4) is 0 Å². The van der Waals surface area contributed by atoms with Crippen LogP contribution in [0.2, 0.25) is 10.0 Å². The minimum absolute atomic E-state index is 0.0866. The summed E-state index contributed by atoms with van der Waals surface area (Å²) < 4.78 is 18.3. The van der Waals surface area contributed by atoms with E-state index in [-0.39, 0.29) is 5.02 Å². The second-order valence-electron chi connectivity index (χ2n) is 4.20. The predicted molar refractivity (Wildman–Crippen MR) is 81.8 cm³/mol. The number of hydrogen-bond acceptors (Lipinski definition) is 3. The summed E-state index contributed by atoms with van der Waals surface area (Å²) in [6.45, 7) is -0.589. The molecule has 114 valence electrons. The Labute approximate surface area is 135 Å². The van der Waals surface area contributed by atoms with Crippen molar-refractivity contribution in [2.45, 2.75) is 0 Å². The fourth-order valence-corrected chi connectivity index (χ4v) is 2.07. The smallest absolute Gasteiger partial charge is 0.343 e. The Bertz CT molecular complexity index is 701. The van der Waals surface area contributed by atoms with Gasteiger partial charge < -0.3 is 10.1 Å². The molecule has 0 aromatic heterocycles. The normalized spacial score (nSPS) is 10.1. The molecule has 0 atom stereocenters. The maximum atomic E-state index is 13.5. The highest BCUT2D eigenvalue weighted by molar-refractivity contribution is 6.34. The minimum atomic E-state index is -1.02. The van der Waals surface area contributed by atoms with Crippen molar-refractivity contribution >= 4 is 40.8 Å². The van der Waals surface area contributed by atoms with E-state index >= 15 is 0 Å². The summed E-state index contributed by atoms with van der Waals surface area (Å²) >= 11 is 11.6. The molecule has 7 heteroatoms. The van der Waals surface area contributed by atoms with Crippen molar-refractivity contribution in [1.82, 2.24) is 0 Å². The molecule has 0 saturated carbocycles. The molecule has 2 aromatic rings. The zero-order valence-electron chi connectivity index (χ0n) is 11.1. The van der Waals surface area contributed by atoms with Crippen molar-refractivity contribution in [2.75, 3.05) is 11.9 Å². The van der Waals surface area contributed by atoms with Crippen molar-refractivity contribution in [1.29, 1.82) is 0 Å². The van der Waals surface area contributed by atoms with Gasteiger partial charge in [-0.3, -0.25) is 4.79 Å².